The van der Waals surface area contributed by atoms with Crippen LogP contribution in [0, 0.1) is 0 Å². The van der Waals surface area contributed by atoms with Crippen LogP contribution >= 0.6 is 0 Å². The highest BCUT2D eigenvalue weighted by atomic mass is 16.3. The number of primary amides is 1. The van der Waals surface area contributed by atoms with Gasteiger partial charge in [0.25, 0.3) is 0 Å². The number of amides is 1. The highest BCUT2D eigenvalue weighted by molar-refractivity contribution is 5.80. The molecule has 1 amide bonds. The molecule has 4 N–H and O–H groups in total. The maximum atomic E-state index is 10.8. The second-order valence-corrected chi connectivity index (χ2v) is 3.19. The van der Waals surface area contributed by atoms with Crippen LogP contribution in [0.3, 0.4) is 0 Å². The maximum absolute atomic E-state index is 10.8. The van der Waals surface area contributed by atoms with Crippen LogP contribution in [-0.2, 0) is 4.79 Å². The Labute approximate surface area is 86.8 Å². The minimum Gasteiger partial charge on any atom is -0.393 e. The van der Waals surface area contributed by atoms with Gasteiger partial charge >= 0.3 is 0 Å². The van der Waals surface area contributed by atoms with Crippen molar-refractivity contribution in [2.45, 2.75) is 18.9 Å². The average Bonchev–Trinajstić information content (AvgIpc) is 2.27. The Morgan fingerprint density at radius 1 is 1.47 bits per heavy atom. The molecule has 82 valence electrons. The van der Waals surface area contributed by atoms with Crippen molar-refractivity contribution in [3.63, 3.8) is 0 Å². The van der Waals surface area contributed by atoms with Gasteiger partial charge in [-0.3, -0.25) is 14.8 Å². The van der Waals surface area contributed by atoms with Crippen LogP contribution in [-0.4, -0.2) is 32.7 Å². The summed E-state index contributed by atoms with van der Waals surface area (Å²) in [7, 11) is 0. The SMILES string of the molecule is CC(C(N)=O)c1cnc([C@@H](O)CO)cn1. The molecule has 0 saturated carbocycles. The lowest BCUT2D eigenvalue weighted by molar-refractivity contribution is -0.119. The van der Waals surface area contributed by atoms with Crippen molar-refractivity contribution in [3.05, 3.63) is 23.8 Å². The van der Waals surface area contributed by atoms with Crippen LogP contribution in [0.5, 0.6) is 0 Å². The Morgan fingerprint density at radius 2 is 2.00 bits per heavy atom. The van der Waals surface area contributed by atoms with Crippen LogP contribution < -0.4 is 5.73 Å². The van der Waals surface area contributed by atoms with Crippen molar-refractivity contribution in [2.75, 3.05) is 6.61 Å². The molecule has 6 nitrogen and oxygen atoms in total. The maximum Gasteiger partial charge on any atom is 0.226 e. The predicted molar refractivity (Wildman–Crippen MR) is 51.7 cm³/mol. The number of carbonyl (C=O) groups is 1. The van der Waals surface area contributed by atoms with E-state index in [2.05, 4.69) is 9.97 Å². The quantitative estimate of drug-likeness (QED) is 0.597. The molecule has 1 heterocycles. The number of aliphatic hydroxyl groups is 2. The molecule has 0 bridgehead atoms. The Balaban J connectivity index is 2.85. The summed E-state index contributed by atoms with van der Waals surface area (Å²) in [6, 6.07) is 0. The smallest absolute Gasteiger partial charge is 0.226 e. The van der Waals surface area contributed by atoms with E-state index in [0.29, 0.717) is 5.69 Å². The van der Waals surface area contributed by atoms with Gasteiger partial charge in [-0.1, -0.05) is 0 Å². The third kappa shape index (κ3) is 2.71. The van der Waals surface area contributed by atoms with E-state index in [1.165, 1.54) is 12.4 Å². The van der Waals surface area contributed by atoms with Crippen LogP contribution in [0.15, 0.2) is 12.4 Å². The van der Waals surface area contributed by atoms with Crippen molar-refractivity contribution >= 4 is 5.91 Å². The monoisotopic (exact) mass is 211 g/mol. The lowest BCUT2D eigenvalue weighted by Gasteiger charge is -2.09. The Bertz CT molecular complexity index is 339. The van der Waals surface area contributed by atoms with Crippen LogP contribution in [0.4, 0.5) is 0 Å². The Hall–Kier alpha value is -1.53. The highest BCUT2D eigenvalue weighted by Crippen LogP contribution is 2.13. The predicted octanol–water partition coefficient (Wildman–Crippen LogP) is -0.909. The molecule has 1 aromatic heterocycles. The summed E-state index contributed by atoms with van der Waals surface area (Å²) in [5.74, 6) is -1.00. The molecule has 2 atom stereocenters. The zero-order chi connectivity index (χ0) is 11.4. The summed E-state index contributed by atoms with van der Waals surface area (Å²) in [6.07, 6.45) is 1.63. The molecule has 0 aromatic carbocycles. The average molecular weight is 211 g/mol. The molecule has 0 spiro atoms. The van der Waals surface area contributed by atoms with Crippen molar-refractivity contribution in [3.8, 4) is 0 Å². The van der Waals surface area contributed by atoms with Gasteiger partial charge in [0.1, 0.15) is 6.10 Å². The Kier molecular flexibility index (Phi) is 3.70. The first-order valence-electron chi connectivity index (χ1n) is 4.46. The number of nitrogens with zero attached hydrogens (tertiary/aromatic N) is 2. The fourth-order valence-electron chi connectivity index (χ4n) is 0.983. The molecule has 1 aromatic rings. The molecular weight excluding hydrogens is 198 g/mol. The van der Waals surface area contributed by atoms with E-state index >= 15 is 0 Å². The first kappa shape index (κ1) is 11.5. The molecule has 6 heteroatoms. The molecule has 15 heavy (non-hydrogen) atoms. The van der Waals surface area contributed by atoms with Crippen LogP contribution in [0.1, 0.15) is 30.3 Å². The van der Waals surface area contributed by atoms with E-state index < -0.39 is 24.5 Å². The van der Waals surface area contributed by atoms with Crippen molar-refractivity contribution < 1.29 is 15.0 Å². The molecule has 0 radical (unpaired) electrons. The fourth-order valence-corrected chi connectivity index (χ4v) is 0.983. The number of aromatic nitrogens is 2. The van der Waals surface area contributed by atoms with Gasteiger partial charge < -0.3 is 15.9 Å². The van der Waals surface area contributed by atoms with E-state index in [1.54, 1.807) is 6.92 Å². The van der Waals surface area contributed by atoms with Gasteiger partial charge in [0.2, 0.25) is 5.91 Å². The molecule has 1 unspecified atom stereocenters. The van der Waals surface area contributed by atoms with Crippen molar-refractivity contribution in [1.29, 1.82) is 0 Å². The second kappa shape index (κ2) is 4.81. The molecule has 0 aliphatic rings. The van der Waals surface area contributed by atoms with E-state index in [9.17, 15) is 9.90 Å². The topological polar surface area (TPSA) is 109 Å². The third-order valence-corrected chi connectivity index (χ3v) is 2.08. The van der Waals surface area contributed by atoms with E-state index in [-0.39, 0.29) is 5.69 Å². The summed E-state index contributed by atoms with van der Waals surface area (Å²) >= 11 is 0. The number of rotatable bonds is 4. The largest absolute Gasteiger partial charge is 0.393 e. The summed E-state index contributed by atoms with van der Waals surface area (Å²) in [6.45, 7) is 1.20. The molecule has 0 fully saturated rings. The zero-order valence-corrected chi connectivity index (χ0v) is 8.29. The number of hydrogen-bond donors (Lipinski definition) is 3. The number of nitrogens with two attached hydrogens (primary N) is 1. The summed E-state index contributed by atoms with van der Waals surface area (Å²) < 4.78 is 0. The number of hydrogen-bond acceptors (Lipinski definition) is 5. The van der Waals surface area contributed by atoms with Crippen molar-refractivity contribution in [1.82, 2.24) is 9.97 Å². The summed E-state index contributed by atoms with van der Waals surface area (Å²) in [5, 5.41) is 17.9. The number of aliphatic hydroxyl groups excluding tert-OH is 2. The molecule has 0 saturated heterocycles. The van der Waals surface area contributed by atoms with Gasteiger partial charge in [-0.15, -0.1) is 0 Å². The first-order valence-corrected chi connectivity index (χ1v) is 4.46. The lowest BCUT2D eigenvalue weighted by atomic mass is 10.1. The summed E-state index contributed by atoms with van der Waals surface area (Å²) in [4.78, 5) is 18.6. The lowest BCUT2D eigenvalue weighted by Crippen LogP contribution is -2.20. The minimum absolute atomic E-state index is 0.262. The second-order valence-electron chi connectivity index (χ2n) is 3.19. The van der Waals surface area contributed by atoms with E-state index in [0.717, 1.165) is 0 Å². The highest BCUT2D eigenvalue weighted by Gasteiger charge is 2.14. The van der Waals surface area contributed by atoms with Gasteiger partial charge in [0.15, 0.2) is 0 Å². The van der Waals surface area contributed by atoms with Gasteiger partial charge in [0.05, 0.1) is 30.1 Å². The first-order chi connectivity index (χ1) is 7.06. The van der Waals surface area contributed by atoms with Crippen LogP contribution in [0.25, 0.3) is 0 Å². The van der Waals surface area contributed by atoms with Crippen LogP contribution in [0.2, 0.25) is 0 Å². The van der Waals surface area contributed by atoms with E-state index in [4.69, 9.17) is 10.8 Å². The summed E-state index contributed by atoms with van der Waals surface area (Å²) in [5.41, 5.74) is 5.80. The fraction of sp³-hybridized carbons (Fsp3) is 0.444. The molecule has 1 rings (SSSR count). The normalized spacial score (nSPS) is 14.6. The van der Waals surface area contributed by atoms with Crippen molar-refractivity contribution in [2.24, 2.45) is 5.73 Å². The van der Waals surface area contributed by atoms with Gasteiger partial charge in [-0.05, 0) is 6.92 Å². The van der Waals surface area contributed by atoms with Gasteiger partial charge in [0, 0.05) is 6.20 Å². The molecule has 0 aliphatic carbocycles. The molecule has 0 aliphatic heterocycles. The number of carbonyl (C=O) groups excluding carboxylic acids is 1. The Morgan fingerprint density at radius 3 is 2.40 bits per heavy atom. The van der Waals surface area contributed by atoms with Gasteiger partial charge in [-0.2, -0.15) is 0 Å². The third-order valence-electron chi connectivity index (χ3n) is 2.08. The van der Waals surface area contributed by atoms with E-state index in [1.807, 2.05) is 0 Å². The minimum atomic E-state index is -1.05. The standard InChI is InChI=1S/C9H13N3O3/c1-5(9(10)15)6-2-12-7(3-11-6)8(14)4-13/h2-3,5,8,13-14H,4H2,1H3,(H2,10,15)/t5?,8-/m0/s1. The zero-order valence-electron chi connectivity index (χ0n) is 8.29. The van der Waals surface area contributed by atoms with Gasteiger partial charge in [-0.25, -0.2) is 0 Å². The molecular formula is C9H13N3O3.